The molecule has 2 unspecified atom stereocenters. The summed E-state index contributed by atoms with van der Waals surface area (Å²) in [6.07, 6.45) is -1.71. The van der Waals surface area contributed by atoms with Crippen LogP contribution in [0.1, 0.15) is 0 Å². The lowest BCUT2D eigenvalue weighted by atomic mass is 10.3. The Morgan fingerprint density at radius 1 is 1.50 bits per heavy atom. The molecular formula is C6H14NO6P. The van der Waals surface area contributed by atoms with E-state index in [1.54, 1.807) is 0 Å². The molecule has 0 spiro atoms. The van der Waals surface area contributed by atoms with Gasteiger partial charge in [0.1, 0.15) is 7.80 Å². The van der Waals surface area contributed by atoms with Crippen molar-refractivity contribution in [3.05, 3.63) is 0 Å². The first-order valence-corrected chi connectivity index (χ1v) is 5.45. The summed E-state index contributed by atoms with van der Waals surface area (Å²) in [7, 11) is -2.92. The fourth-order valence-electron chi connectivity index (χ4n) is 0.736. The van der Waals surface area contributed by atoms with Crippen LogP contribution in [0.25, 0.3) is 0 Å². The van der Waals surface area contributed by atoms with E-state index in [0.29, 0.717) is 0 Å². The summed E-state index contributed by atoms with van der Waals surface area (Å²) in [5.74, 6) is -1.59. The van der Waals surface area contributed by atoms with Crippen molar-refractivity contribution < 1.29 is 29.8 Å². The molecule has 0 amide bonds. The van der Waals surface area contributed by atoms with Crippen LogP contribution in [0.2, 0.25) is 0 Å². The van der Waals surface area contributed by atoms with Gasteiger partial charge < -0.3 is 30.7 Å². The molecule has 84 valence electrons. The molecule has 0 rings (SSSR count). The van der Waals surface area contributed by atoms with Crippen molar-refractivity contribution in [1.29, 1.82) is 0 Å². The lowest BCUT2D eigenvalue weighted by molar-refractivity contribution is -0.141. The van der Waals surface area contributed by atoms with Gasteiger partial charge in [-0.05, 0) is 0 Å². The Hall–Kier alpha value is -0.460. The molecule has 0 aromatic rings. The number of rotatable bonds is 6. The molecule has 6 N–H and O–H groups in total. The zero-order valence-corrected chi connectivity index (χ0v) is 8.38. The van der Waals surface area contributed by atoms with Crippen molar-refractivity contribution >= 4 is 13.8 Å². The first-order valence-electron chi connectivity index (χ1n) is 3.83. The van der Waals surface area contributed by atoms with Crippen molar-refractivity contribution in [3.8, 4) is 0 Å². The van der Waals surface area contributed by atoms with E-state index in [9.17, 15) is 9.36 Å². The molecule has 0 aliphatic carbocycles. The quantitative estimate of drug-likeness (QED) is 0.319. The van der Waals surface area contributed by atoms with E-state index in [0.717, 1.165) is 0 Å². The second-order valence-corrected chi connectivity index (χ2v) is 5.05. The molecule has 0 saturated carbocycles. The first-order chi connectivity index (χ1) is 6.38. The van der Waals surface area contributed by atoms with Crippen molar-refractivity contribution in [3.63, 3.8) is 0 Å². The molecule has 0 saturated heterocycles. The second kappa shape index (κ2) is 5.43. The molecule has 0 aromatic carbocycles. The molecule has 8 heteroatoms. The van der Waals surface area contributed by atoms with Crippen LogP contribution in [0.15, 0.2) is 0 Å². The summed E-state index contributed by atoms with van der Waals surface area (Å²) < 4.78 is 11.4. The number of carboxylic acid groups (broad SMARTS) is 1. The zero-order chi connectivity index (χ0) is 11.4. The second-order valence-electron chi connectivity index (χ2n) is 2.90. The summed E-state index contributed by atoms with van der Waals surface area (Å²) in [5.41, 5.74) is 5.18. The van der Waals surface area contributed by atoms with Crippen LogP contribution in [0.4, 0.5) is 0 Å². The van der Waals surface area contributed by atoms with Gasteiger partial charge in [0.05, 0.1) is 19.3 Å². The Morgan fingerprint density at radius 3 is 2.29 bits per heavy atom. The Kier molecular flexibility index (Phi) is 5.25. The first kappa shape index (κ1) is 13.5. The van der Waals surface area contributed by atoms with Gasteiger partial charge in [0.2, 0.25) is 0 Å². The van der Waals surface area contributed by atoms with E-state index in [4.69, 9.17) is 26.2 Å². The van der Waals surface area contributed by atoms with Gasteiger partial charge in [-0.2, -0.15) is 0 Å². The van der Waals surface area contributed by atoms with Crippen LogP contribution in [0.3, 0.4) is 0 Å². The number of aliphatic hydroxyl groups is 3. The third kappa shape index (κ3) is 3.04. The lowest BCUT2D eigenvalue weighted by Gasteiger charge is -2.22. The lowest BCUT2D eigenvalue weighted by Crippen LogP contribution is -2.49. The van der Waals surface area contributed by atoms with E-state index < -0.39 is 44.5 Å². The van der Waals surface area contributed by atoms with Gasteiger partial charge in [0.25, 0.3) is 0 Å². The van der Waals surface area contributed by atoms with Gasteiger partial charge in [-0.1, -0.05) is 0 Å². The molecular weight excluding hydrogens is 213 g/mol. The van der Waals surface area contributed by atoms with E-state index in [-0.39, 0.29) is 0 Å². The molecule has 0 aliphatic rings. The molecule has 0 aliphatic heterocycles. The molecule has 0 heterocycles. The van der Waals surface area contributed by atoms with E-state index in [2.05, 4.69) is 0 Å². The highest BCUT2D eigenvalue weighted by molar-refractivity contribution is 7.47. The summed E-state index contributed by atoms with van der Waals surface area (Å²) >= 11 is 0. The summed E-state index contributed by atoms with van der Waals surface area (Å²) in [6.45, 7) is -1.60. The fourth-order valence-corrected chi connectivity index (χ4v) is 2.07. The SMILES string of the molecule is N[C@@](CO)(C(=O)O)[PH](=O)CC(O)CO. The number of aliphatic carboxylic acids is 1. The third-order valence-corrected chi connectivity index (χ3v) is 3.97. The minimum absolute atomic E-state index is 0.426. The molecule has 7 nitrogen and oxygen atoms in total. The smallest absolute Gasteiger partial charge is 0.333 e. The molecule has 0 bridgehead atoms. The van der Waals surface area contributed by atoms with Gasteiger partial charge in [0, 0.05) is 6.16 Å². The predicted octanol–water partition coefficient (Wildman–Crippen LogP) is -2.37. The van der Waals surface area contributed by atoms with Crippen LogP contribution in [0.5, 0.6) is 0 Å². The Bertz CT molecular complexity index is 234. The number of nitrogens with two attached hydrogens (primary N) is 1. The van der Waals surface area contributed by atoms with Gasteiger partial charge in [-0.25, -0.2) is 4.79 Å². The van der Waals surface area contributed by atoms with E-state index in [1.807, 2.05) is 0 Å². The Labute approximate surface area is 80.9 Å². The van der Waals surface area contributed by atoms with Crippen molar-refractivity contribution in [2.24, 2.45) is 5.73 Å². The minimum atomic E-state index is -2.92. The van der Waals surface area contributed by atoms with Crippen LogP contribution in [-0.2, 0) is 9.36 Å². The molecule has 0 radical (unpaired) electrons. The highest BCUT2D eigenvalue weighted by Gasteiger charge is 2.40. The Morgan fingerprint density at radius 2 is 2.00 bits per heavy atom. The topological polar surface area (TPSA) is 141 Å². The monoisotopic (exact) mass is 227 g/mol. The maximum Gasteiger partial charge on any atom is 0.333 e. The van der Waals surface area contributed by atoms with E-state index >= 15 is 0 Å². The van der Waals surface area contributed by atoms with Gasteiger partial charge in [-0.15, -0.1) is 0 Å². The largest absolute Gasteiger partial charge is 0.479 e. The average molecular weight is 227 g/mol. The highest BCUT2D eigenvalue weighted by Crippen LogP contribution is 2.35. The summed E-state index contributed by atoms with van der Waals surface area (Å²) in [4.78, 5) is 10.6. The number of carboxylic acids is 1. The third-order valence-electron chi connectivity index (χ3n) is 1.76. The number of aliphatic hydroxyl groups excluding tert-OH is 3. The maximum atomic E-state index is 11.4. The standard InChI is InChI=1S/C6H14NO6P/c7-6(3-9,5(11)12)14(13)2-4(10)1-8/h4,8-10,14H,1-3,7H2,(H,11,12)/t4?,6-/m1/s1. The van der Waals surface area contributed by atoms with Crippen LogP contribution < -0.4 is 5.73 Å². The van der Waals surface area contributed by atoms with Crippen molar-refractivity contribution in [1.82, 2.24) is 0 Å². The average Bonchev–Trinajstić information content (AvgIpc) is 2.15. The van der Waals surface area contributed by atoms with Gasteiger partial charge in [-0.3, -0.25) is 0 Å². The summed E-state index contributed by atoms with van der Waals surface area (Å²) in [5, 5.41) is 32.4. The summed E-state index contributed by atoms with van der Waals surface area (Å²) in [6, 6.07) is 0. The molecule has 0 aromatic heterocycles. The molecule has 14 heavy (non-hydrogen) atoms. The van der Waals surface area contributed by atoms with Crippen molar-refractivity contribution in [2.45, 2.75) is 11.4 Å². The maximum absolute atomic E-state index is 11.4. The molecule has 0 fully saturated rings. The van der Waals surface area contributed by atoms with E-state index in [1.165, 1.54) is 0 Å². The van der Waals surface area contributed by atoms with Crippen molar-refractivity contribution in [2.75, 3.05) is 19.4 Å². The number of hydrogen-bond acceptors (Lipinski definition) is 6. The predicted molar refractivity (Wildman–Crippen MR) is 48.6 cm³/mol. The Balaban J connectivity index is 4.55. The minimum Gasteiger partial charge on any atom is -0.479 e. The zero-order valence-electron chi connectivity index (χ0n) is 7.38. The van der Waals surface area contributed by atoms with Crippen LogP contribution in [-0.4, -0.2) is 57.2 Å². The molecule has 3 atom stereocenters. The van der Waals surface area contributed by atoms with Crippen LogP contribution >= 0.6 is 7.80 Å². The number of hydrogen-bond donors (Lipinski definition) is 5. The highest BCUT2D eigenvalue weighted by atomic mass is 31.1. The van der Waals surface area contributed by atoms with Gasteiger partial charge >= 0.3 is 5.97 Å². The normalized spacial score (nSPS) is 19.7. The number of carbonyl (C=O) groups is 1. The fraction of sp³-hybridized carbons (Fsp3) is 0.833. The van der Waals surface area contributed by atoms with Gasteiger partial charge in [0.15, 0.2) is 5.28 Å². The van der Waals surface area contributed by atoms with Crippen LogP contribution in [0, 0.1) is 0 Å².